The van der Waals surface area contributed by atoms with Crippen LogP contribution in [0.25, 0.3) is 27.7 Å². The van der Waals surface area contributed by atoms with E-state index in [-0.39, 0.29) is 28.7 Å². The molecule has 12 heteroatoms. The number of carbonyl (C=O) groups excluding carboxylic acids is 1. The first-order chi connectivity index (χ1) is 18.9. The molecule has 0 aliphatic carbocycles. The number of imidazole rings is 1. The number of hydrogen-bond acceptors (Lipinski definition) is 7. The van der Waals surface area contributed by atoms with Crippen molar-refractivity contribution in [2.24, 2.45) is 5.92 Å². The number of amides is 1. The highest BCUT2D eigenvalue weighted by molar-refractivity contribution is 6.07. The Hall–Kier alpha value is -4.58. The topological polar surface area (TPSA) is 126 Å². The lowest BCUT2D eigenvalue weighted by atomic mass is 9.98. The monoisotopic (exact) mass is 532 g/mol. The molecule has 3 aromatic heterocycles. The van der Waals surface area contributed by atoms with Gasteiger partial charge in [0.1, 0.15) is 23.2 Å². The Balaban J connectivity index is 1.31. The molecule has 1 amide bonds. The maximum absolute atomic E-state index is 14.1. The smallest absolute Gasteiger partial charge is 0.255 e. The van der Waals surface area contributed by atoms with Crippen LogP contribution >= 0.6 is 0 Å². The summed E-state index contributed by atoms with van der Waals surface area (Å²) in [6, 6.07) is 9.22. The molecule has 1 fully saturated rings. The molecule has 2 aromatic carbocycles. The summed E-state index contributed by atoms with van der Waals surface area (Å²) in [6.45, 7) is 2.04. The van der Waals surface area contributed by atoms with Gasteiger partial charge in [0.15, 0.2) is 11.6 Å². The number of fused-ring (bicyclic) bond motifs is 2. The summed E-state index contributed by atoms with van der Waals surface area (Å²) in [6.07, 6.45) is 4.87. The zero-order valence-electron chi connectivity index (χ0n) is 21.1. The van der Waals surface area contributed by atoms with E-state index in [1.807, 2.05) is 12.1 Å². The molecule has 0 unspecified atom stereocenters. The average Bonchev–Trinajstić information content (AvgIpc) is 3.51. The van der Waals surface area contributed by atoms with E-state index in [4.69, 9.17) is 10.5 Å². The molecular formula is C27H26F2N8O2. The lowest BCUT2D eigenvalue weighted by molar-refractivity contribution is 0.0497. The number of rotatable bonds is 6. The number of hydrogen-bond donors (Lipinski definition) is 3. The number of aromatic nitrogens is 5. The summed E-state index contributed by atoms with van der Waals surface area (Å²) in [5, 5.41) is 7.34. The highest BCUT2D eigenvalue weighted by atomic mass is 19.1. The minimum atomic E-state index is -0.722. The van der Waals surface area contributed by atoms with E-state index >= 15 is 0 Å². The molecule has 0 saturated carbocycles. The Kier molecular flexibility index (Phi) is 6.31. The van der Waals surface area contributed by atoms with Crippen molar-refractivity contribution >= 4 is 39.9 Å². The Morgan fingerprint density at radius 1 is 1.23 bits per heavy atom. The zero-order chi connectivity index (χ0) is 27.1. The number of nitrogens with two attached hydrogens (primary N) is 1. The Bertz CT molecular complexity index is 1680. The van der Waals surface area contributed by atoms with E-state index in [9.17, 15) is 13.6 Å². The Morgan fingerprint density at radius 3 is 2.77 bits per heavy atom. The van der Waals surface area contributed by atoms with Crippen LogP contribution in [0.3, 0.4) is 0 Å². The summed E-state index contributed by atoms with van der Waals surface area (Å²) in [5.74, 6) is -0.661. The first kappa shape index (κ1) is 24.7. The quantitative estimate of drug-likeness (QED) is 0.296. The van der Waals surface area contributed by atoms with Gasteiger partial charge in [-0.15, -0.1) is 0 Å². The van der Waals surface area contributed by atoms with Crippen molar-refractivity contribution in [3.63, 3.8) is 0 Å². The lowest BCUT2D eigenvalue weighted by Crippen LogP contribution is -2.34. The SMILES string of the molecule is CN(CC1CCOCC1)C(=O)c1cn2ncnc(N)c2c1-c1ccc(Nc2nc3cc(F)cc(F)c3[nH]2)cc1. The number of carbonyl (C=O) groups is 1. The molecule has 0 spiro atoms. The van der Waals surface area contributed by atoms with Gasteiger partial charge in [0.25, 0.3) is 5.91 Å². The van der Waals surface area contributed by atoms with Crippen LogP contribution in [0.15, 0.2) is 48.9 Å². The molecule has 0 radical (unpaired) electrons. The van der Waals surface area contributed by atoms with Crippen molar-refractivity contribution < 1.29 is 18.3 Å². The van der Waals surface area contributed by atoms with Gasteiger partial charge in [0.05, 0.1) is 11.1 Å². The fraction of sp³-hybridized carbons (Fsp3) is 0.259. The molecule has 1 saturated heterocycles. The van der Waals surface area contributed by atoms with E-state index in [2.05, 4.69) is 25.4 Å². The van der Waals surface area contributed by atoms with E-state index in [0.717, 1.165) is 30.5 Å². The number of anilines is 3. The molecule has 200 valence electrons. The Morgan fingerprint density at radius 2 is 2.00 bits per heavy atom. The number of nitrogen functional groups attached to an aromatic ring is 1. The molecule has 0 bridgehead atoms. The first-order valence-corrected chi connectivity index (χ1v) is 12.5. The standard InChI is InChI=1S/C27H26F2N8O2/c1-36(12-15-6-8-39-9-7-15)26(38)19-13-37-24(25(30)31-14-32-37)22(19)16-2-4-18(5-3-16)33-27-34-21-11-17(28)10-20(29)23(21)35-27/h2-5,10-11,13-15H,6-9,12H2,1H3,(H2,30,31,32)(H2,33,34,35). The van der Waals surface area contributed by atoms with Gasteiger partial charge < -0.3 is 25.7 Å². The molecular weight excluding hydrogens is 506 g/mol. The van der Waals surface area contributed by atoms with Gasteiger partial charge in [0, 0.05) is 56.4 Å². The molecule has 10 nitrogen and oxygen atoms in total. The number of halogens is 2. The third-order valence-corrected chi connectivity index (χ3v) is 7.00. The third kappa shape index (κ3) is 4.74. The van der Waals surface area contributed by atoms with Crippen molar-refractivity contribution in [3.8, 4) is 11.1 Å². The van der Waals surface area contributed by atoms with E-state index in [1.165, 1.54) is 6.33 Å². The predicted molar refractivity (Wildman–Crippen MR) is 143 cm³/mol. The van der Waals surface area contributed by atoms with Crippen LogP contribution < -0.4 is 11.1 Å². The van der Waals surface area contributed by atoms with Crippen LogP contribution in [0.1, 0.15) is 23.2 Å². The number of benzene rings is 2. The molecule has 1 aliphatic heterocycles. The molecule has 0 atom stereocenters. The van der Waals surface area contributed by atoms with Gasteiger partial charge in [-0.2, -0.15) is 5.10 Å². The van der Waals surface area contributed by atoms with Gasteiger partial charge >= 0.3 is 0 Å². The van der Waals surface area contributed by atoms with Gasteiger partial charge in [-0.25, -0.2) is 23.3 Å². The molecule has 39 heavy (non-hydrogen) atoms. The predicted octanol–water partition coefficient (Wildman–Crippen LogP) is 4.38. The van der Waals surface area contributed by atoms with Crippen LogP contribution in [0, 0.1) is 17.6 Å². The van der Waals surface area contributed by atoms with Crippen LogP contribution in [0.4, 0.5) is 26.2 Å². The summed E-state index contributed by atoms with van der Waals surface area (Å²) in [5.41, 5.74) is 9.54. The first-order valence-electron chi connectivity index (χ1n) is 12.5. The van der Waals surface area contributed by atoms with Crippen LogP contribution in [-0.2, 0) is 4.74 Å². The van der Waals surface area contributed by atoms with Gasteiger partial charge in [-0.3, -0.25) is 4.79 Å². The van der Waals surface area contributed by atoms with Crippen molar-refractivity contribution in [3.05, 3.63) is 66.1 Å². The summed E-state index contributed by atoms with van der Waals surface area (Å²) in [4.78, 5) is 26.6. The second kappa shape index (κ2) is 9.95. The fourth-order valence-electron chi connectivity index (χ4n) is 5.05. The largest absolute Gasteiger partial charge is 0.382 e. The van der Waals surface area contributed by atoms with Crippen molar-refractivity contribution in [2.45, 2.75) is 12.8 Å². The lowest BCUT2D eigenvalue weighted by Gasteiger charge is -2.27. The van der Waals surface area contributed by atoms with Crippen molar-refractivity contribution in [1.29, 1.82) is 0 Å². The van der Waals surface area contributed by atoms with Crippen molar-refractivity contribution in [1.82, 2.24) is 29.5 Å². The van der Waals surface area contributed by atoms with E-state index in [1.54, 1.807) is 34.8 Å². The minimum Gasteiger partial charge on any atom is -0.382 e. The maximum Gasteiger partial charge on any atom is 0.255 e. The average molecular weight is 533 g/mol. The maximum atomic E-state index is 14.1. The van der Waals surface area contributed by atoms with Crippen LogP contribution in [0.2, 0.25) is 0 Å². The number of nitrogens with one attached hydrogen (secondary N) is 2. The molecule has 6 rings (SSSR count). The molecule has 4 N–H and O–H groups in total. The highest BCUT2D eigenvalue weighted by Crippen LogP contribution is 2.34. The molecule has 4 heterocycles. The zero-order valence-corrected chi connectivity index (χ0v) is 21.1. The van der Waals surface area contributed by atoms with Crippen molar-refractivity contribution in [2.75, 3.05) is 37.9 Å². The van der Waals surface area contributed by atoms with Crippen LogP contribution in [-0.4, -0.2) is 62.2 Å². The summed E-state index contributed by atoms with van der Waals surface area (Å²) in [7, 11) is 1.80. The third-order valence-electron chi connectivity index (χ3n) is 7.00. The van der Waals surface area contributed by atoms with Gasteiger partial charge in [-0.05, 0) is 36.5 Å². The van der Waals surface area contributed by atoms with E-state index < -0.39 is 11.6 Å². The van der Waals surface area contributed by atoms with Crippen LogP contribution in [0.5, 0.6) is 0 Å². The van der Waals surface area contributed by atoms with Gasteiger partial charge in [0.2, 0.25) is 5.95 Å². The second-order valence-corrected chi connectivity index (χ2v) is 9.67. The number of aromatic amines is 1. The normalized spacial score (nSPS) is 14.2. The summed E-state index contributed by atoms with van der Waals surface area (Å²) < 4.78 is 34.6. The second-order valence-electron chi connectivity index (χ2n) is 9.67. The molecule has 5 aromatic rings. The minimum absolute atomic E-state index is 0.110. The molecule has 1 aliphatic rings. The number of H-pyrrole nitrogens is 1. The van der Waals surface area contributed by atoms with Gasteiger partial charge in [-0.1, -0.05) is 12.1 Å². The summed E-state index contributed by atoms with van der Waals surface area (Å²) >= 11 is 0. The highest BCUT2D eigenvalue weighted by Gasteiger charge is 2.26. The fourth-order valence-corrected chi connectivity index (χ4v) is 5.05. The number of ether oxygens (including phenoxy) is 1. The Labute approximate surface area is 221 Å². The number of nitrogens with zero attached hydrogens (tertiary/aromatic N) is 5. The van der Waals surface area contributed by atoms with E-state index in [0.29, 0.717) is 48.0 Å².